The van der Waals surface area contributed by atoms with Crippen LogP contribution in [0.3, 0.4) is 0 Å². The molecule has 3 aromatic rings. The highest BCUT2D eigenvalue weighted by atomic mass is 19.4. The van der Waals surface area contributed by atoms with Crippen LogP contribution in [-0.4, -0.2) is 42.6 Å². The molecule has 0 spiro atoms. The summed E-state index contributed by atoms with van der Waals surface area (Å²) in [5.74, 6) is -0.286. The highest BCUT2D eigenvalue weighted by Crippen LogP contribution is 2.31. The van der Waals surface area contributed by atoms with Crippen LogP contribution in [0.4, 0.5) is 29.3 Å². The van der Waals surface area contributed by atoms with Gasteiger partial charge >= 0.3 is 6.18 Å². The lowest BCUT2D eigenvalue weighted by Crippen LogP contribution is -2.34. The van der Waals surface area contributed by atoms with Gasteiger partial charge < -0.3 is 15.5 Å². The van der Waals surface area contributed by atoms with E-state index in [0.717, 1.165) is 48.5 Å². The minimum absolute atomic E-state index is 0.186. The molecule has 1 amide bonds. The van der Waals surface area contributed by atoms with E-state index >= 15 is 0 Å². The number of anilines is 2. The third-order valence-corrected chi connectivity index (χ3v) is 6.28. The first-order valence-electron chi connectivity index (χ1n) is 11.5. The van der Waals surface area contributed by atoms with Crippen LogP contribution in [-0.2, 0) is 6.18 Å². The maximum Gasteiger partial charge on any atom is 0.416 e. The summed E-state index contributed by atoms with van der Waals surface area (Å²) in [6, 6.07) is 9.96. The number of halogens is 4. The van der Waals surface area contributed by atoms with E-state index in [1.165, 1.54) is 0 Å². The topological polar surface area (TPSA) is 70.2 Å². The number of hydrogen-bond acceptors (Lipinski definition) is 5. The normalized spacial score (nSPS) is 18.3. The Morgan fingerprint density at radius 1 is 1.06 bits per heavy atom. The van der Waals surface area contributed by atoms with Crippen molar-refractivity contribution in [3.63, 3.8) is 0 Å². The molecule has 1 aromatic heterocycles. The molecule has 0 bridgehead atoms. The molecule has 1 heterocycles. The summed E-state index contributed by atoms with van der Waals surface area (Å²) in [5, 5.41) is 7.07. The van der Waals surface area contributed by atoms with Gasteiger partial charge in [0.1, 0.15) is 11.6 Å². The summed E-state index contributed by atoms with van der Waals surface area (Å²) in [4.78, 5) is 23.6. The summed E-state index contributed by atoms with van der Waals surface area (Å²) in [5.41, 5.74) is -0.649. The van der Waals surface area contributed by atoms with E-state index in [2.05, 4.69) is 20.6 Å². The molecule has 1 aliphatic rings. The van der Waals surface area contributed by atoms with Crippen LogP contribution in [0.15, 0.2) is 42.5 Å². The lowest BCUT2D eigenvalue weighted by Gasteiger charge is -2.29. The number of para-hydroxylation sites is 1. The van der Waals surface area contributed by atoms with Crippen molar-refractivity contribution in [3.05, 3.63) is 59.4 Å². The lowest BCUT2D eigenvalue weighted by atomic mass is 9.86. The zero-order chi connectivity index (χ0) is 25.2. The van der Waals surface area contributed by atoms with Crippen LogP contribution >= 0.6 is 0 Å². The van der Waals surface area contributed by atoms with E-state index in [9.17, 15) is 22.4 Å². The Labute approximate surface area is 200 Å². The first kappa shape index (κ1) is 24.7. The standard InChI is InChI=1S/C25H27F4N5O/c1-34(2)22-19-5-3-4-6-21(19)32-24(33-22)31-17-10-7-15(8-11-17)14-30-23(35)18-12-9-16(13-20(18)26)25(27,28)29/h3-6,9,12-13,15,17H,7-8,10-11,14H2,1-2H3,(H,30,35)(H,31,32,33). The van der Waals surface area contributed by atoms with Crippen LogP contribution in [0.5, 0.6) is 0 Å². The van der Waals surface area contributed by atoms with Crippen molar-refractivity contribution in [1.29, 1.82) is 0 Å². The van der Waals surface area contributed by atoms with Gasteiger partial charge in [0.05, 0.1) is 16.6 Å². The molecule has 0 aliphatic heterocycles. The summed E-state index contributed by atoms with van der Waals surface area (Å²) in [6.45, 7) is 0.337. The molecule has 0 saturated heterocycles. The maximum absolute atomic E-state index is 14.0. The minimum atomic E-state index is -4.66. The van der Waals surface area contributed by atoms with Crippen LogP contribution in [0.25, 0.3) is 10.9 Å². The van der Waals surface area contributed by atoms with Crippen molar-refractivity contribution in [2.45, 2.75) is 37.9 Å². The Morgan fingerprint density at radius 2 is 1.77 bits per heavy atom. The summed E-state index contributed by atoms with van der Waals surface area (Å²) in [7, 11) is 3.88. The zero-order valence-corrected chi connectivity index (χ0v) is 19.5. The van der Waals surface area contributed by atoms with Crippen molar-refractivity contribution < 1.29 is 22.4 Å². The Bertz CT molecular complexity index is 1210. The molecule has 1 saturated carbocycles. The molecule has 2 aromatic carbocycles. The predicted molar refractivity (Wildman–Crippen MR) is 127 cm³/mol. The number of nitrogens with zero attached hydrogens (tertiary/aromatic N) is 3. The van der Waals surface area contributed by atoms with E-state index in [1.54, 1.807) is 0 Å². The van der Waals surface area contributed by atoms with Gasteiger partial charge in [-0.3, -0.25) is 4.79 Å². The molecular formula is C25H27F4N5O. The van der Waals surface area contributed by atoms with Gasteiger partial charge in [0.2, 0.25) is 5.95 Å². The van der Waals surface area contributed by atoms with Crippen molar-refractivity contribution in [2.75, 3.05) is 30.9 Å². The molecule has 6 nitrogen and oxygen atoms in total. The SMILES string of the molecule is CN(C)c1nc(NC2CCC(CNC(=O)c3ccc(C(F)(F)F)cc3F)CC2)nc2ccccc12. The molecule has 4 rings (SSSR count). The van der Waals surface area contributed by atoms with Gasteiger partial charge in [-0.2, -0.15) is 18.2 Å². The Kier molecular flexibility index (Phi) is 7.09. The lowest BCUT2D eigenvalue weighted by molar-refractivity contribution is -0.137. The average molecular weight is 490 g/mol. The molecule has 186 valence electrons. The number of carbonyl (C=O) groups excluding carboxylic acids is 1. The van der Waals surface area contributed by atoms with Gasteiger partial charge in [0, 0.05) is 32.1 Å². The summed E-state index contributed by atoms with van der Waals surface area (Å²) < 4.78 is 52.2. The van der Waals surface area contributed by atoms with Crippen LogP contribution in [0.1, 0.15) is 41.6 Å². The minimum Gasteiger partial charge on any atom is -0.362 e. The second-order valence-electron chi connectivity index (χ2n) is 9.05. The largest absolute Gasteiger partial charge is 0.416 e. The molecule has 0 atom stereocenters. The number of hydrogen-bond donors (Lipinski definition) is 2. The molecule has 1 aliphatic carbocycles. The van der Waals surface area contributed by atoms with Gasteiger partial charge in [0.15, 0.2) is 0 Å². The van der Waals surface area contributed by atoms with Crippen LogP contribution in [0, 0.1) is 11.7 Å². The van der Waals surface area contributed by atoms with Gasteiger partial charge in [-0.15, -0.1) is 0 Å². The number of alkyl halides is 3. The van der Waals surface area contributed by atoms with E-state index in [0.29, 0.717) is 24.6 Å². The van der Waals surface area contributed by atoms with E-state index < -0.39 is 29.0 Å². The summed E-state index contributed by atoms with van der Waals surface area (Å²) in [6.07, 6.45) is -1.29. The molecule has 1 fully saturated rings. The van der Waals surface area contributed by atoms with Gasteiger partial charge in [0.25, 0.3) is 5.91 Å². The van der Waals surface area contributed by atoms with Crippen molar-refractivity contribution >= 4 is 28.6 Å². The molecule has 0 radical (unpaired) electrons. The number of rotatable bonds is 6. The summed E-state index contributed by atoms with van der Waals surface area (Å²) >= 11 is 0. The number of fused-ring (bicyclic) bond motifs is 1. The second kappa shape index (κ2) is 10.1. The fraction of sp³-hybridized carbons (Fsp3) is 0.400. The third-order valence-electron chi connectivity index (χ3n) is 6.28. The highest BCUT2D eigenvalue weighted by Gasteiger charge is 2.32. The number of benzene rings is 2. The van der Waals surface area contributed by atoms with Crippen molar-refractivity contribution in [1.82, 2.24) is 15.3 Å². The Hall–Kier alpha value is -3.43. The van der Waals surface area contributed by atoms with Gasteiger partial charge in [-0.1, -0.05) is 12.1 Å². The number of aromatic nitrogens is 2. The quantitative estimate of drug-likeness (QED) is 0.463. The second-order valence-corrected chi connectivity index (χ2v) is 9.05. The fourth-order valence-corrected chi connectivity index (χ4v) is 4.37. The van der Waals surface area contributed by atoms with Crippen LogP contribution < -0.4 is 15.5 Å². The number of carbonyl (C=O) groups is 1. The van der Waals surface area contributed by atoms with E-state index in [4.69, 9.17) is 0 Å². The first-order valence-corrected chi connectivity index (χ1v) is 11.5. The van der Waals surface area contributed by atoms with Gasteiger partial charge in [-0.25, -0.2) is 9.37 Å². The highest BCUT2D eigenvalue weighted by molar-refractivity contribution is 5.94. The molecule has 35 heavy (non-hydrogen) atoms. The molecular weight excluding hydrogens is 462 g/mol. The Balaban J connectivity index is 1.31. The molecule has 10 heteroatoms. The maximum atomic E-state index is 14.0. The predicted octanol–water partition coefficient (Wildman–Crippen LogP) is 5.25. The Morgan fingerprint density at radius 3 is 2.43 bits per heavy atom. The third kappa shape index (κ3) is 5.80. The van der Waals surface area contributed by atoms with Crippen molar-refractivity contribution in [2.24, 2.45) is 5.92 Å². The molecule has 0 unspecified atom stereocenters. The first-order chi connectivity index (χ1) is 16.6. The van der Waals surface area contributed by atoms with Gasteiger partial charge in [-0.05, 0) is 61.9 Å². The molecule has 2 N–H and O–H groups in total. The fourth-order valence-electron chi connectivity index (χ4n) is 4.37. The number of nitrogens with one attached hydrogen (secondary N) is 2. The average Bonchev–Trinajstić information content (AvgIpc) is 2.82. The number of amides is 1. The zero-order valence-electron chi connectivity index (χ0n) is 19.5. The van der Waals surface area contributed by atoms with E-state index in [-0.39, 0.29) is 12.0 Å². The van der Waals surface area contributed by atoms with Crippen LogP contribution in [0.2, 0.25) is 0 Å². The monoisotopic (exact) mass is 489 g/mol. The van der Waals surface area contributed by atoms with E-state index in [1.807, 2.05) is 43.3 Å². The van der Waals surface area contributed by atoms with Crippen molar-refractivity contribution in [3.8, 4) is 0 Å². The smallest absolute Gasteiger partial charge is 0.362 e.